The highest BCUT2D eigenvalue weighted by Gasteiger charge is 2.19. The minimum atomic E-state index is -0.141. The molecule has 1 heterocycles. The summed E-state index contributed by atoms with van der Waals surface area (Å²) in [6, 6.07) is 7.18. The Labute approximate surface area is 130 Å². The standard InChI is InChI=1S/C14H9Cl3N2O/c1-6-3-2-4-9-12(6)19-14(18-9)10-11(17)7(15)5-8(16)13(10)20/h2-5,20H,1H3,(H,18,19). The fourth-order valence-corrected chi connectivity index (χ4v) is 2.79. The topological polar surface area (TPSA) is 48.9 Å². The summed E-state index contributed by atoms with van der Waals surface area (Å²) in [7, 11) is 0. The summed E-state index contributed by atoms with van der Waals surface area (Å²) in [6.07, 6.45) is 0. The quantitative estimate of drug-likeness (QED) is 0.603. The van der Waals surface area contributed by atoms with Crippen molar-refractivity contribution in [3.63, 3.8) is 0 Å². The van der Waals surface area contributed by atoms with Gasteiger partial charge in [-0.3, -0.25) is 0 Å². The number of para-hydroxylation sites is 1. The van der Waals surface area contributed by atoms with Gasteiger partial charge < -0.3 is 10.1 Å². The summed E-state index contributed by atoms with van der Waals surface area (Å²) < 4.78 is 0. The minimum absolute atomic E-state index is 0.131. The summed E-state index contributed by atoms with van der Waals surface area (Å²) >= 11 is 18.1. The van der Waals surface area contributed by atoms with Crippen molar-refractivity contribution in [1.82, 2.24) is 9.97 Å². The number of H-pyrrole nitrogens is 1. The molecule has 2 aromatic carbocycles. The predicted molar refractivity (Wildman–Crippen MR) is 83.0 cm³/mol. The maximum atomic E-state index is 10.1. The largest absolute Gasteiger partial charge is 0.506 e. The van der Waals surface area contributed by atoms with E-state index in [1.54, 1.807) is 0 Å². The lowest BCUT2D eigenvalue weighted by atomic mass is 10.2. The van der Waals surface area contributed by atoms with Gasteiger partial charge in [-0.2, -0.15) is 0 Å². The average molecular weight is 328 g/mol. The van der Waals surface area contributed by atoms with Gasteiger partial charge in [-0.15, -0.1) is 0 Å². The first-order valence-electron chi connectivity index (χ1n) is 5.81. The number of nitrogens with zero attached hydrogens (tertiary/aromatic N) is 1. The van der Waals surface area contributed by atoms with E-state index in [4.69, 9.17) is 34.8 Å². The summed E-state index contributed by atoms with van der Waals surface area (Å²) in [5.74, 6) is 0.291. The van der Waals surface area contributed by atoms with Gasteiger partial charge in [0.05, 0.1) is 31.7 Å². The fraction of sp³-hybridized carbons (Fsp3) is 0.0714. The number of phenols is 1. The number of aromatic amines is 1. The molecule has 0 spiro atoms. The number of hydrogen-bond acceptors (Lipinski definition) is 2. The van der Waals surface area contributed by atoms with Crippen molar-refractivity contribution in [2.24, 2.45) is 0 Å². The predicted octanol–water partition coefficient (Wildman–Crippen LogP) is 5.20. The first-order chi connectivity index (χ1) is 9.49. The molecule has 0 bridgehead atoms. The van der Waals surface area contributed by atoms with E-state index in [0.29, 0.717) is 11.4 Å². The summed E-state index contributed by atoms with van der Waals surface area (Å²) in [6.45, 7) is 1.96. The Balaban J connectivity index is 2.34. The number of imidazole rings is 1. The molecular formula is C14H9Cl3N2O. The third-order valence-electron chi connectivity index (χ3n) is 3.10. The summed E-state index contributed by atoms with van der Waals surface area (Å²) in [5, 5.41) is 10.7. The number of halogens is 3. The van der Waals surface area contributed by atoms with Crippen LogP contribution in [-0.2, 0) is 0 Å². The molecule has 3 aromatic rings. The van der Waals surface area contributed by atoms with Crippen LogP contribution in [0.1, 0.15) is 5.56 Å². The van der Waals surface area contributed by atoms with E-state index in [1.807, 2.05) is 25.1 Å². The normalized spacial score (nSPS) is 11.2. The lowest BCUT2D eigenvalue weighted by Crippen LogP contribution is -1.86. The first kappa shape index (κ1) is 13.6. The average Bonchev–Trinajstić information content (AvgIpc) is 2.82. The van der Waals surface area contributed by atoms with Gasteiger partial charge in [0, 0.05) is 0 Å². The van der Waals surface area contributed by atoms with Crippen LogP contribution in [0, 0.1) is 6.92 Å². The molecule has 2 N–H and O–H groups in total. The zero-order chi connectivity index (χ0) is 14.4. The van der Waals surface area contributed by atoms with Gasteiger partial charge in [-0.1, -0.05) is 46.9 Å². The van der Waals surface area contributed by atoms with Gasteiger partial charge in [0.2, 0.25) is 0 Å². The maximum absolute atomic E-state index is 10.1. The maximum Gasteiger partial charge on any atom is 0.146 e. The van der Waals surface area contributed by atoms with E-state index >= 15 is 0 Å². The van der Waals surface area contributed by atoms with Crippen molar-refractivity contribution in [3.8, 4) is 17.1 Å². The molecule has 0 aliphatic carbocycles. The molecule has 0 atom stereocenters. The van der Waals surface area contributed by atoms with Crippen LogP contribution in [0.2, 0.25) is 15.1 Å². The van der Waals surface area contributed by atoms with Gasteiger partial charge in [-0.05, 0) is 24.6 Å². The highest BCUT2D eigenvalue weighted by Crippen LogP contribution is 2.44. The third-order valence-corrected chi connectivity index (χ3v) is 4.17. The van der Waals surface area contributed by atoms with E-state index in [1.165, 1.54) is 6.07 Å². The Morgan fingerprint density at radius 1 is 1.15 bits per heavy atom. The number of phenolic OH excluding ortho intramolecular Hbond substituents is 1. The Hall–Kier alpha value is -1.42. The minimum Gasteiger partial charge on any atom is -0.506 e. The molecule has 3 nitrogen and oxygen atoms in total. The zero-order valence-electron chi connectivity index (χ0n) is 10.3. The highest BCUT2D eigenvalue weighted by molar-refractivity contribution is 6.45. The summed E-state index contributed by atoms with van der Waals surface area (Å²) in [5.41, 5.74) is 2.99. The van der Waals surface area contributed by atoms with Crippen LogP contribution in [0.15, 0.2) is 24.3 Å². The molecule has 0 unspecified atom stereocenters. The number of fused-ring (bicyclic) bond motifs is 1. The Bertz CT molecular complexity index is 801. The highest BCUT2D eigenvalue weighted by atomic mass is 35.5. The molecule has 0 fully saturated rings. The molecular weight excluding hydrogens is 319 g/mol. The van der Waals surface area contributed by atoms with E-state index in [9.17, 15) is 5.11 Å². The monoisotopic (exact) mass is 326 g/mol. The smallest absolute Gasteiger partial charge is 0.146 e. The van der Waals surface area contributed by atoms with E-state index in [-0.39, 0.29) is 20.8 Å². The number of aryl methyl sites for hydroxylation is 1. The number of aromatic hydroxyl groups is 1. The van der Waals surface area contributed by atoms with Crippen LogP contribution >= 0.6 is 34.8 Å². The summed E-state index contributed by atoms with van der Waals surface area (Å²) in [4.78, 5) is 7.59. The third kappa shape index (κ3) is 2.03. The van der Waals surface area contributed by atoms with Crippen LogP contribution in [-0.4, -0.2) is 15.1 Å². The van der Waals surface area contributed by atoms with Gasteiger partial charge in [0.25, 0.3) is 0 Å². The van der Waals surface area contributed by atoms with Crippen molar-refractivity contribution >= 4 is 45.8 Å². The number of hydrogen-bond donors (Lipinski definition) is 2. The zero-order valence-corrected chi connectivity index (χ0v) is 12.6. The fourth-order valence-electron chi connectivity index (χ4n) is 2.10. The first-order valence-corrected chi connectivity index (χ1v) is 6.94. The lowest BCUT2D eigenvalue weighted by molar-refractivity contribution is 0.477. The molecule has 102 valence electrons. The van der Waals surface area contributed by atoms with E-state index in [2.05, 4.69) is 9.97 Å². The number of rotatable bonds is 1. The molecule has 0 saturated heterocycles. The van der Waals surface area contributed by atoms with Crippen LogP contribution < -0.4 is 0 Å². The van der Waals surface area contributed by atoms with Crippen molar-refractivity contribution < 1.29 is 5.11 Å². The van der Waals surface area contributed by atoms with Gasteiger partial charge >= 0.3 is 0 Å². The molecule has 0 amide bonds. The van der Waals surface area contributed by atoms with Crippen LogP contribution in [0.3, 0.4) is 0 Å². The van der Waals surface area contributed by atoms with Crippen molar-refractivity contribution in [2.45, 2.75) is 6.92 Å². The van der Waals surface area contributed by atoms with Gasteiger partial charge in [0.15, 0.2) is 0 Å². The molecule has 0 aliphatic heterocycles. The van der Waals surface area contributed by atoms with Crippen molar-refractivity contribution in [3.05, 3.63) is 44.9 Å². The second-order valence-corrected chi connectivity index (χ2v) is 5.63. The molecule has 0 saturated carbocycles. The number of aromatic nitrogens is 2. The Morgan fingerprint density at radius 3 is 2.60 bits per heavy atom. The van der Waals surface area contributed by atoms with E-state index < -0.39 is 0 Å². The van der Waals surface area contributed by atoms with Crippen LogP contribution in [0.4, 0.5) is 0 Å². The van der Waals surface area contributed by atoms with Crippen LogP contribution in [0.5, 0.6) is 5.75 Å². The number of nitrogens with one attached hydrogen (secondary N) is 1. The molecule has 6 heteroatoms. The second-order valence-electron chi connectivity index (χ2n) is 4.43. The lowest BCUT2D eigenvalue weighted by Gasteiger charge is -2.07. The van der Waals surface area contributed by atoms with Crippen LogP contribution in [0.25, 0.3) is 22.4 Å². The second kappa shape index (κ2) is 4.85. The molecule has 0 radical (unpaired) electrons. The molecule has 3 rings (SSSR count). The molecule has 1 aromatic heterocycles. The van der Waals surface area contributed by atoms with Crippen molar-refractivity contribution in [1.29, 1.82) is 0 Å². The Kier molecular flexibility index (Phi) is 3.28. The van der Waals surface area contributed by atoms with Crippen molar-refractivity contribution in [2.75, 3.05) is 0 Å². The molecule has 20 heavy (non-hydrogen) atoms. The van der Waals surface area contributed by atoms with Gasteiger partial charge in [0.1, 0.15) is 11.6 Å². The van der Waals surface area contributed by atoms with Gasteiger partial charge in [-0.25, -0.2) is 4.98 Å². The Morgan fingerprint density at radius 2 is 1.90 bits per heavy atom. The number of benzene rings is 2. The van der Waals surface area contributed by atoms with E-state index in [0.717, 1.165) is 16.6 Å². The molecule has 0 aliphatic rings. The SMILES string of the molecule is Cc1cccc2[nH]c(-c3c(O)c(Cl)cc(Cl)c3Cl)nc12.